The van der Waals surface area contributed by atoms with E-state index in [1.165, 1.54) is 22.5 Å². The van der Waals surface area contributed by atoms with Crippen molar-refractivity contribution in [1.82, 2.24) is 4.31 Å². The molecule has 0 aliphatic carbocycles. The Morgan fingerprint density at radius 2 is 1.76 bits per heavy atom. The monoisotopic (exact) mass is 362 g/mol. The fourth-order valence-electron chi connectivity index (χ4n) is 2.93. The van der Waals surface area contributed by atoms with Gasteiger partial charge in [0, 0.05) is 18.8 Å². The van der Waals surface area contributed by atoms with E-state index in [2.05, 4.69) is 5.32 Å². The Morgan fingerprint density at radius 1 is 1.08 bits per heavy atom. The Morgan fingerprint density at radius 3 is 2.48 bits per heavy atom. The van der Waals surface area contributed by atoms with E-state index < -0.39 is 21.8 Å². The zero-order valence-electron chi connectivity index (χ0n) is 13.6. The summed E-state index contributed by atoms with van der Waals surface area (Å²) in [6.45, 7) is 0.334. The van der Waals surface area contributed by atoms with Crippen molar-refractivity contribution >= 4 is 21.6 Å². The van der Waals surface area contributed by atoms with E-state index in [1.54, 1.807) is 12.1 Å². The van der Waals surface area contributed by atoms with Crippen LogP contribution in [0.4, 0.5) is 10.1 Å². The number of piperidine rings is 1. The molecular weight excluding hydrogens is 343 g/mol. The summed E-state index contributed by atoms with van der Waals surface area (Å²) in [5.74, 6) is -1.46. The van der Waals surface area contributed by atoms with E-state index in [0.717, 1.165) is 6.07 Å². The van der Waals surface area contributed by atoms with Crippen LogP contribution < -0.4 is 5.32 Å². The number of amides is 1. The number of sulfonamides is 1. The Balaban J connectivity index is 1.75. The summed E-state index contributed by atoms with van der Waals surface area (Å²) in [5, 5.41) is 2.80. The highest BCUT2D eigenvalue weighted by Crippen LogP contribution is 2.26. The molecule has 1 aliphatic rings. The number of rotatable bonds is 4. The second-order valence-electron chi connectivity index (χ2n) is 5.99. The van der Waals surface area contributed by atoms with Crippen LogP contribution >= 0.6 is 0 Å². The molecular formula is C18H19FN2O3S. The minimum Gasteiger partial charge on any atom is -0.326 e. The van der Waals surface area contributed by atoms with E-state index in [0.29, 0.717) is 18.5 Å². The van der Waals surface area contributed by atoms with Gasteiger partial charge < -0.3 is 5.32 Å². The summed E-state index contributed by atoms with van der Waals surface area (Å²) in [5.41, 5.74) is 0.668. The van der Waals surface area contributed by atoms with Gasteiger partial charge in [-0.05, 0) is 37.1 Å². The van der Waals surface area contributed by atoms with Gasteiger partial charge in [0.15, 0.2) is 0 Å². The molecule has 7 heteroatoms. The highest BCUT2D eigenvalue weighted by molar-refractivity contribution is 7.89. The van der Waals surface area contributed by atoms with Gasteiger partial charge in [0.25, 0.3) is 0 Å². The van der Waals surface area contributed by atoms with Crippen molar-refractivity contribution in [2.24, 2.45) is 5.92 Å². The maximum absolute atomic E-state index is 13.9. The molecule has 0 aromatic heterocycles. The van der Waals surface area contributed by atoms with Crippen molar-refractivity contribution in [3.63, 3.8) is 0 Å². The first-order valence-corrected chi connectivity index (χ1v) is 9.53. The molecule has 0 spiro atoms. The molecule has 0 bridgehead atoms. The average molecular weight is 362 g/mol. The molecule has 1 heterocycles. The lowest BCUT2D eigenvalue weighted by Gasteiger charge is -2.31. The first-order valence-electron chi connectivity index (χ1n) is 8.09. The predicted molar refractivity (Wildman–Crippen MR) is 93.0 cm³/mol. The summed E-state index contributed by atoms with van der Waals surface area (Å²) >= 11 is 0. The fourth-order valence-corrected chi connectivity index (χ4v) is 4.52. The van der Waals surface area contributed by atoms with Gasteiger partial charge in [0.1, 0.15) is 10.7 Å². The second kappa shape index (κ2) is 7.33. The van der Waals surface area contributed by atoms with Crippen LogP contribution in [0, 0.1) is 11.7 Å². The van der Waals surface area contributed by atoms with Gasteiger partial charge in [-0.2, -0.15) is 4.31 Å². The highest BCUT2D eigenvalue weighted by Gasteiger charge is 2.34. The largest absolute Gasteiger partial charge is 0.326 e. The number of benzene rings is 2. The third-order valence-corrected chi connectivity index (χ3v) is 6.15. The summed E-state index contributed by atoms with van der Waals surface area (Å²) in [4.78, 5) is 12.1. The number of nitrogens with one attached hydrogen (secondary N) is 1. The number of nitrogens with zero attached hydrogens (tertiary/aromatic N) is 1. The maximum Gasteiger partial charge on any atom is 0.246 e. The molecule has 2 aromatic rings. The van der Waals surface area contributed by atoms with Crippen molar-refractivity contribution in [3.8, 4) is 0 Å². The highest BCUT2D eigenvalue weighted by atomic mass is 32.2. The van der Waals surface area contributed by atoms with Crippen LogP contribution in [0.5, 0.6) is 0 Å². The SMILES string of the molecule is O=C(Nc1ccccc1)C1CCCN(S(=O)(=O)c2ccccc2F)C1. The number of carbonyl (C=O) groups is 1. The molecule has 25 heavy (non-hydrogen) atoms. The number of anilines is 1. The van der Waals surface area contributed by atoms with E-state index in [1.807, 2.05) is 18.2 Å². The van der Waals surface area contributed by atoms with Gasteiger partial charge in [0.2, 0.25) is 15.9 Å². The van der Waals surface area contributed by atoms with Gasteiger partial charge in [-0.25, -0.2) is 12.8 Å². The summed E-state index contributed by atoms with van der Waals surface area (Å²) in [6, 6.07) is 14.3. The Labute approximate surface area is 146 Å². The van der Waals surface area contributed by atoms with Crippen molar-refractivity contribution in [2.75, 3.05) is 18.4 Å². The van der Waals surface area contributed by atoms with E-state index >= 15 is 0 Å². The number of carbonyl (C=O) groups excluding carboxylic acids is 1. The van der Waals surface area contributed by atoms with Gasteiger partial charge in [-0.15, -0.1) is 0 Å². The number of hydrogen-bond donors (Lipinski definition) is 1. The third kappa shape index (κ3) is 3.88. The van der Waals surface area contributed by atoms with Crippen LogP contribution in [0.1, 0.15) is 12.8 Å². The van der Waals surface area contributed by atoms with Gasteiger partial charge >= 0.3 is 0 Å². The fraction of sp³-hybridized carbons (Fsp3) is 0.278. The molecule has 0 radical (unpaired) electrons. The molecule has 1 atom stereocenters. The molecule has 0 saturated carbocycles. The average Bonchev–Trinajstić information content (AvgIpc) is 2.63. The van der Waals surface area contributed by atoms with Crippen molar-refractivity contribution < 1.29 is 17.6 Å². The summed E-state index contributed by atoms with van der Waals surface area (Å²) < 4.78 is 40.5. The lowest BCUT2D eigenvalue weighted by atomic mass is 9.99. The minimum absolute atomic E-state index is 0.0509. The molecule has 1 aliphatic heterocycles. The molecule has 1 unspecified atom stereocenters. The third-order valence-electron chi connectivity index (χ3n) is 4.25. The van der Waals surface area contributed by atoms with E-state index in [-0.39, 0.29) is 23.9 Å². The molecule has 132 valence electrons. The first-order chi connectivity index (χ1) is 12.0. The molecule has 1 fully saturated rings. The van der Waals surface area contributed by atoms with Crippen molar-refractivity contribution in [3.05, 3.63) is 60.4 Å². The van der Waals surface area contributed by atoms with Crippen LogP contribution in [0.25, 0.3) is 0 Å². The second-order valence-corrected chi connectivity index (χ2v) is 7.89. The molecule has 1 amide bonds. The topological polar surface area (TPSA) is 66.5 Å². The summed E-state index contributed by atoms with van der Waals surface area (Å²) in [7, 11) is -3.95. The first kappa shape index (κ1) is 17.6. The van der Waals surface area contributed by atoms with Crippen molar-refractivity contribution in [1.29, 1.82) is 0 Å². The van der Waals surface area contributed by atoms with E-state index in [9.17, 15) is 17.6 Å². The van der Waals surface area contributed by atoms with Crippen LogP contribution in [0.2, 0.25) is 0 Å². The molecule has 1 N–H and O–H groups in total. The van der Waals surface area contributed by atoms with Crippen LogP contribution in [-0.2, 0) is 14.8 Å². The normalized spacial score (nSPS) is 18.7. The number of halogens is 1. The minimum atomic E-state index is -3.95. The lowest BCUT2D eigenvalue weighted by Crippen LogP contribution is -2.43. The quantitative estimate of drug-likeness (QED) is 0.909. The van der Waals surface area contributed by atoms with Crippen molar-refractivity contribution in [2.45, 2.75) is 17.7 Å². The molecule has 3 rings (SSSR count). The molecule has 5 nitrogen and oxygen atoms in total. The zero-order chi connectivity index (χ0) is 17.9. The summed E-state index contributed by atoms with van der Waals surface area (Å²) in [6.07, 6.45) is 1.16. The predicted octanol–water partition coefficient (Wildman–Crippen LogP) is 2.87. The van der Waals surface area contributed by atoms with Crippen LogP contribution in [-0.4, -0.2) is 31.7 Å². The van der Waals surface area contributed by atoms with E-state index in [4.69, 9.17) is 0 Å². The zero-order valence-corrected chi connectivity index (χ0v) is 14.4. The van der Waals surface area contributed by atoms with Gasteiger partial charge in [0.05, 0.1) is 5.92 Å². The van der Waals surface area contributed by atoms with Gasteiger partial charge in [-0.3, -0.25) is 4.79 Å². The standard InChI is InChI=1S/C18H19FN2O3S/c19-16-10-4-5-11-17(16)25(23,24)21-12-6-7-14(13-21)18(22)20-15-8-2-1-3-9-15/h1-5,8-11,14H,6-7,12-13H2,(H,20,22). The Bertz CT molecular complexity index is 856. The van der Waals surface area contributed by atoms with Crippen LogP contribution in [0.15, 0.2) is 59.5 Å². The molecule has 2 aromatic carbocycles. The lowest BCUT2D eigenvalue weighted by molar-refractivity contribution is -0.120. The maximum atomic E-state index is 13.9. The number of para-hydroxylation sites is 1. The Kier molecular flexibility index (Phi) is 5.15. The molecule has 1 saturated heterocycles. The van der Waals surface area contributed by atoms with Crippen LogP contribution in [0.3, 0.4) is 0 Å². The van der Waals surface area contributed by atoms with Gasteiger partial charge in [-0.1, -0.05) is 30.3 Å². The Hall–Kier alpha value is -2.25. The number of hydrogen-bond acceptors (Lipinski definition) is 3. The smallest absolute Gasteiger partial charge is 0.246 e.